The molecule has 0 aliphatic heterocycles. The molecule has 1 N–H and O–H groups in total. The van der Waals surface area contributed by atoms with Crippen molar-refractivity contribution in [2.75, 3.05) is 7.05 Å². The minimum absolute atomic E-state index is 0.139. The minimum atomic E-state index is -0.139. The largest absolute Gasteiger partial charge is 0.468 e. The minimum Gasteiger partial charge on any atom is -0.468 e. The van der Waals surface area contributed by atoms with Crippen LogP contribution in [0.15, 0.2) is 22.8 Å². The van der Waals surface area contributed by atoms with E-state index in [-0.39, 0.29) is 6.10 Å². The van der Waals surface area contributed by atoms with Crippen molar-refractivity contribution in [1.29, 1.82) is 0 Å². The molecule has 1 saturated carbocycles. The smallest absolute Gasteiger partial charge is 0.117 e. The topological polar surface area (TPSA) is 36.6 Å². The maximum absolute atomic E-state index is 9.43. The molecule has 0 aromatic carbocycles. The van der Waals surface area contributed by atoms with E-state index < -0.39 is 0 Å². The molecule has 13 heavy (non-hydrogen) atoms. The third-order valence-corrected chi connectivity index (χ3v) is 2.75. The molecule has 3 nitrogen and oxygen atoms in total. The Morgan fingerprint density at radius 2 is 2.46 bits per heavy atom. The quantitative estimate of drug-likeness (QED) is 0.762. The standard InChI is InChI=1S/C10H15NO2/c1-11(9-4-5-10(9)12)7-8-3-2-6-13-8/h2-3,6,9-10,12H,4-5,7H2,1H3/t9-,10-/m1/s1. The lowest BCUT2D eigenvalue weighted by atomic mass is 9.88. The zero-order valence-corrected chi connectivity index (χ0v) is 7.81. The molecule has 0 radical (unpaired) electrons. The van der Waals surface area contributed by atoms with Crippen molar-refractivity contribution in [3.05, 3.63) is 24.2 Å². The summed E-state index contributed by atoms with van der Waals surface area (Å²) < 4.78 is 5.23. The zero-order chi connectivity index (χ0) is 9.26. The van der Waals surface area contributed by atoms with E-state index in [4.69, 9.17) is 4.42 Å². The monoisotopic (exact) mass is 181 g/mol. The van der Waals surface area contributed by atoms with Crippen LogP contribution < -0.4 is 0 Å². The molecule has 2 rings (SSSR count). The van der Waals surface area contributed by atoms with E-state index in [0.717, 1.165) is 25.1 Å². The van der Waals surface area contributed by atoms with Crippen LogP contribution in [0.4, 0.5) is 0 Å². The fourth-order valence-electron chi connectivity index (χ4n) is 1.74. The third kappa shape index (κ3) is 1.76. The maximum Gasteiger partial charge on any atom is 0.117 e. The zero-order valence-electron chi connectivity index (χ0n) is 7.81. The van der Waals surface area contributed by atoms with Crippen LogP contribution in [0.3, 0.4) is 0 Å². The summed E-state index contributed by atoms with van der Waals surface area (Å²) in [7, 11) is 2.02. The molecule has 0 bridgehead atoms. The molecule has 3 heteroatoms. The van der Waals surface area contributed by atoms with Gasteiger partial charge in [0.25, 0.3) is 0 Å². The van der Waals surface area contributed by atoms with Crippen LogP contribution in [0.25, 0.3) is 0 Å². The van der Waals surface area contributed by atoms with Crippen LogP contribution in [0, 0.1) is 0 Å². The van der Waals surface area contributed by atoms with Gasteiger partial charge in [-0.25, -0.2) is 0 Å². The van der Waals surface area contributed by atoms with Gasteiger partial charge in [-0.3, -0.25) is 4.90 Å². The van der Waals surface area contributed by atoms with Crippen molar-refractivity contribution < 1.29 is 9.52 Å². The molecule has 1 aromatic rings. The van der Waals surface area contributed by atoms with Gasteiger partial charge in [0.15, 0.2) is 0 Å². The number of aliphatic hydroxyl groups is 1. The number of furan rings is 1. The Morgan fingerprint density at radius 1 is 1.62 bits per heavy atom. The molecule has 0 saturated heterocycles. The van der Waals surface area contributed by atoms with Gasteiger partial charge in [0.05, 0.1) is 18.9 Å². The van der Waals surface area contributed by atoms with Crippen molar-refractivity contribution in [3.63, 3.8) is 0 Å². The van der Waals surface area contributed by atoms with Crippen molar-refractivity contribution in [1.82, 2.24) is 4.90 Å². The SMILES string of the molecule is CN(Cc1ccco1)[C@@H]1CC[C@H]1O. The van der Waals surface area contributed by atoms with Gasteiger partial charge < -0.3 is 9.52 Å². The molecule has 0 spiro atoms. The van der Waals surface area contributed by atoms with E-state index in [1.165, 1.54) is 0 Å². The molecule has 1 heterocycles. The summed E-state index contributed by atoms with van der Waals surface area (Å²) in [5.74, 6) is 0.960. The first-order valence-corrected chi connectivity index (χ1v) is 4.68. The average molecular weight is 181 g/mol. The Hall–Kier alpha value is -0.800. The second-order valence-electron chi connectivity index (χ2n) is 3.71. The van der Waals surface area contributed by atoms with Crippen LogP contribution >= 0.6 is 0 Å². The third-order valence-electron chi connectivity index (χ3n) is 2.75. The molecule has 0 amide bonds. The molecular formula is C10H15NO2. The molecule has 1 aliphatic rings. The van der Waals surface area contributed by atoms with E-state index in [2.05, 4.69) is 4.90 Å². The van der Waals surface area contributed by atoms with E-state index in [0.29, 0.717) is 6.04 Å². The van der Waals surface area contributed by atoms with Crippen molar-refractivity contribution >= 4 is 0 Å². The van der Waals surface area contributed by atoms with Crippen LogP contribution in [0.5, 0.6) is 0 Å². The van der Waals surface area contributed by atoms with Gasteiger partial charge in [0.2, 0.25) is 0 Å². The first kappa shape index (κ1) is 8.78. The summed E-state index contributed by atoms with van der Waals surface area (Å²) in [4.78, 5) is 2.15. The summed E-state index contributed by atoms with van der Waals surface area (Å²) in [6.07, 6.45) is 3.58. The van der Waals surface area contributed by atoms with Gasteiger partial charge >= 0.3 is 0 Å². The summed E-state index contributed by atoms with van der Waals surface area (Å²) in [5.41, 5.74) is 0. The Bertz CT molecular complexity index is 258. The number of likely N-dealkylation sites (N-methyl/N-ethyl adjacent to an activating group) is 1. The Morgan fingerprint density at radius 3 is 2.92 bits per heavy atom. The van der Waals surface area contributed by atoms with Gasteiger partial charge in [-0.05, 0) is 32.0 Å². The lowest BCUT2D eigenvalue weighted by Crippen LogP contribution is -2.48. The van der Waals surface area contributed by atoms with E-state index in [9.17, 15) is 5.11 Å². The van der Waals surface area contributed by atoms with Crippen LogP contribution in [0.1, 0.15) is 18.6 Å². The van der Waals surface area contributed by atoms with Crippen molar-refractivity contribution in [2.45, 2.75) is 31.5 Å². The molecule has 0 unspecified atom stereocenters. The summed E-state index contributed by atoms with van der Waals surface area (Å²) in [6, 6.07) is 4.17. The van der Waals surface area contributed by atoms with Crippen LogP contribution in [0.2, 0.25) is 0 Å². The highest BCUT2D eigenvalue weighted by Crippen LogP contribution is 2.25. The highest BCUT2D eigenvalue weighted by atomic mass is 16.3. The Kier molecular flexibility index (Phi) is 2.38. The van der Waals surface area contributed by atoms with E-state index in [1.54, 1.807) is 6.26 Å². The number of nitrogens with zero attached hydrogens (tertiary/aromatic N) is 1. The molecular weight excluding hydrogens is 166 g/mol. The molecule has 72 valence electrons. The highest BCUT2D eigenvalue weighted by Gasteiger charge is 2.32. The van der Waals surface area contributed by atoms with Gasteiger partial charge in [-0.15, -0.1) is 0 Å². The highest BCUT2D eigenvalue weighted by molar-refractivity contribution is 4.99. The molecule has 2 atom stereocenters. The molecule has 1 aromatic heterocycles. The number of aliphatic hydroxyl groups excluding tert-OH is 1. The van der Waals surface area contributed by atoms with E-state index in [1.807, 2.05) is 19.2 Å². The number of hydrogen-bond acceptors (Lipinski definition) is 3. The summed E-state index contributed by atoms with van der Waals surface area (Å²) >= 11 is 0. The Labute approximate surface area is 78.0 Å². The first-order valence-electron chi connectivity index (χ1n) is 4.68. The molecule has 1 aliphatic carbocycles. The van der Waals surface area contributed by atoms with Crippen LogP contribution in [-0.2, 0) is 6.54 Å². The lowest BCUT2D eigenvalue weighted by Gasteiger charge is -2.39. The van der Waals surface area contributed by atoms with Gasteiger partial charge in [-0.1, -0.05) is 0 Å². The molecule has 1 fully saturated rings. The number of rotatable bonds is 3. The predicted molar refractivity (Wildman–Crippen MR) is 49.2 cm³/mol. The summed E-state index contributed by atoms with van der Waals surface area (Å²) in [6.45, 7) is 0.786. The first-order chi connectivity index (χ1) is 6.27. The Balaban J connectivity index is 1.88. The summed E-state index contributed by atoms with van der Waals surface area (Å²) in [5, 5.41) is 9.43. The predicted octanol–water partition coefficient (Wildman–Crippen LogP) is 1.23. The van der Waals surface area contributed by atoms with Crippen molar-refractivity contribution in [2.24, 2.45) is 0 Å². The number of hydrogen-bond donors (Lipinski definition) is 1. The maximum atomic E-state index is 9.43. The van der Waals surface area contributed by atoms with Crippen molar-refractivity contribution in [3.8, 4) is 0 Å². The second-order valence-corrected chi connectivity index (χ2v) is 3.71. The second kappa shape index (κ2) is 3.52. The lowest BCUT2D eigenvalue weighted by molar-refractivity contribution is -0.0151. The van der Waals surface area contributed by atoms with E-state index >= 15 is 0 Å². The van der Waals surface area contributed by atoms with Crippen LogP contribution in [-0.4, -0.2) is 29.2 Å². The van der Waals surface area contributed by atoms with Gasteiger partial charge in [0.1, 0.15) is 5.76 Å². The fourth-order valence-corrected chi connectivity index (χ4v) is 1.74. The average Bonchev–Trinajstić information content (AvgIpc) is 2.54. The normalized spacial score (nSPS) is 27.6. The van der Waals surface area contributed by atoms with Gasteiger partial charge in [-0.2, -0.15) is 0 Å². The van der Waals surface area contributed by atoms with Gasteiger partial charge in [0, 0.05) is 6.04 Å². The fraction of sp³-hybridized carbons (Fsp3) is 0.600.